The molecule has 0 aromatic carbocycles. The van der Waals surface area contributed by atoms with Crippen molar-refractivity contribution >= 4 is 5.91 Å². The van der Waals surface area contributed by atoms with E-state index < -0.39 is 0 Å². The van der Waals surface area contributed by atoms with Crippen LogP contribution in [0.15, 0.2) is 24.4 Å². The Balaban J connectivity index is 1.99. The van der Waals surface area contributed by atoms with Crippen molar-refractivity contribution in [2.24, 2.45) is 0 Å². The minimum atomic E-state index is -0.369. The molecule has 0 aliphatic heterocycles. The van der Waals surface area contributed by atoms with Gasteiger partial charge in [-0.2, -0.15) is 5.10 Å². The Labute approximate surface area is 130 Å². The molecule has 1 unspecified atom stereocenters. The van der Waals surface area contributed by atoms with Gasteiger partial charge >= 0.3 is 0 Å². The number of hydrogen-bond donors (Lipinski definition) is 2. The van der Waals surface area contributed by atoms with Gasteiger partial charge < -0.3 is 10.4 Å². The van der Waals surface area contributed by atoms with E-state index in [1.165, 1.54) is 6.20 Å². The second-order valence-corrected chi connectivity index (χ2v) is 5.35. The summed E-state index contributed by atoms with van der Waals surface area (Å²) in [4.78, 5) is 16.3. The van der Waals surface area contributed by atoms with Crippen LogP contribution >= 0.6 is 0 Å². The van der Waals surface area contributed by atoms with Gasteiger partial charge in [0.05, 0.1) is 17.4 Å². The van der Waals surface area contributed by atoms with Crippen LogP contribution in [-0.4, -0.2) is 38.4 Å². The van der Waals surface area contributed by atoms with Crippen molar-refractivity contribution in [2.75, 3.05) is 6.54 Å². The summed E-state index contributed by atoms with van der Waals surface area (Å²) >= 11 is 0. The molecule has 2 aromatic heterocycles. The first-order valence-electron chi connectivity index (χ1n) is 7.47. The smallest absolute Gasteiger partial charge is 0.252 e. The minimum Gasteiger partial charge on any atom is -0.393 e. The Morgan fingerprint density at radius 2 is 2.18 bits per heavy atom. The quantitative estimate of drug-likeness (QED) is 0.852. The second kappa shape index (κ2) is 7.17. The van der Waals surface area contributed by atoms with E-state index in [0.29, 0.717) is 30.8 Å². The van der Waals surface area contributed by atoms with Crippen molar-refractivity contribution in [1.29, 1.82) is 0 Å². The summed E-state index contributed by atoms with van der Waals surface area (Å²) in [6.07, 6.45) is 2.41. The standard InChI is InChI=1S/C16H22N4O2/c1-4-14(21)7-8-17-16(22)13-5-6-15(18-10-13)20-12(3)9-11(2)19-20/h5-6,9-10,14,21H,4,7-8H2,1-3H3,(H,17,22). The predicted octanol–water partition coefficient (Wildman–Crippen LogP) is 1.77. The number of aliphatic hydroxyl groups is 1. The van der Waals surface area contributed by atoms with Crippen molar-refractivity contribution in [3.63, 3.8) is 0 Å². The zero-order valence-corrected chi connectivity index (χ0v) is 13.2. The third-order valence-corrected chi connectivity index (χ3v) is 3.47. The number of nitrogens with zero attached hydrogens (tertiary/aromatic N) is 3. The number of pyridine rings is 1. The number of aryl methyl sites for hydroxylation is 2. The molecule has 0 saturated heterocycles. The number of rotatable bonds is 6. The lowest BCUT2D eigenvalue weighted by atomic mass is 10.2. The molecule has 0 aliphatic carbocycles. The number of nitrogens with one attached hydrogen (secondary N) is 1. The topological polar surface area (TPSA) is 80.0 Å². The third-order valence-electron chi connectivity index (χ3n) is 3.47. The van der Waals surface area contributed by atoms with Crippen LogP contribution in [0, 0.1) is 13.8 Å². The summed E-state index contributed by atoms with van der Waals surface area (Å²) in [6, 6.07) is 5.47. The Hall–Kier alpha value is -2.21. The molecule has 2 rings (SSSR count). The van der Waals surface area contributed by atoms with E-state index >= 15 is 0 Å². The molecule has 1 atom stereocenters. The Kier molecular flexibility index (Phi) is 5.27. The van der Waals surface area contributed by atoms with Crippen LogP contribution in [-0.2, 0) is 0 Å². The highest BCUT2D eigenvalue weighted by molar-refractivity contribution is 5.93. The largest absolute Gasteiger partial charge is 0.393 e. The molecule has 118 valence electrons. The maximum Gasteiger partial charge on any atom is 0.252 e. The van der Waals surface area contributed by atoms with E-state index in [2.05, 4.69) is 15.4 Å². The average molecular weight is 302 g/mol. The highest BCUT2D eigenvalue weighted by Gasteiger charge is 2.09. The number of carbonyl (C=O) groups is 1. The number of aliphatic hydroxyl groups excluding tert-OH is 1. The van der Waals surface area contributed by atoms with Gasteiger partial charge in [0.15, 0.2) is 5.82 Å². The zero-order valence-electron chi connectivity index (χ0n) is 13.2. The van der Waals surface area contributed by atoms with Crippen molar-refractivity contribution in [3.8, 4) is 5.82 Å². The summed E-state index contributed by atoms with van der Waals surface area (Å²) < 4.78 is 1.74. The Bertz CT molecular complexity index is 634. The van der Waals surface area contributed by atoms with Crippen LogP contribution in [0.3, 0.4) is 0 Å². The lowest BCUT2D eigenvalue weighted by Gasteiger charge is -2.09. The highest BCUT2D eigenvalue weighted by Crippen LogP contribution is 2.10. The van der Waals surface area contributed by atoms with Gasteiger partial charge in [0, 0.05) is 18.4 Å². The molecule has 0 aliphatic rings. The minimum absolute atomic E-state index is 0.185. The van der Waals surface area contributed by atoms with Crippen LogP contribution in [0.2, 0.25) is 0 Å². The van der Waals surface area contributed by atoms with Crippen molar-refractivity contribution in [2.45, 2.75) is 39.7 Å². The summed E-state index contributed by atoms with van der Waals surface area (Å²) in [5.74, 6) is 0.499. The third kappa shape index (κ3) is 3.92. The average Bonchev–Trinajstić information content (AvgIpc) is 2.85. The first kappa shape index (κ1) is 16.2. The molecule has 0 radical (unpaired) electrons. The van der Waals surface area contributed by atoms with Crippen LogP contribution in [0.5, 0.6) is 0 Å². The van der Waals surface area contributed by atoms with Gasteiger partial charge in [-0.1, -0.05) is 6.92 Å². The molecular weight excluding hydrogens is 280 g/mol. The molecular formula is C16H22N4O2. The molecule has 2 heterocycles. The van der Waals surface area contributed by atoms with E-state index in [0.717, 1.165) is 11.4 Å². The molecule has 6 nitrogen and oxygen atoms in total. The maximum absolute atomic E-state index is 12.0. The van der Waals surface area contributed by atoms with Crippen LogP contribution in [0.1, 0.15) is 41.5 Å². The van der Waals surface area contributed by atoms with Gasteiger partial charge in [-0.25, -0.2) is 9.67 Å². The molecule has 0 bridgehead atoms. The maximum atomic E-state index is 12.0. The summed E-state index contributed by atoms with van der Waals surface area (Å²) in [6.45, 7) is 6.25. The molecule has 0 fully saturated rings. The number of aromatic nitrogens is 3. The van der Waals surface area contributed by atoms with E-state index in [1.807, 2.05) is 26.8 Å². The van der Waals surface area contributed by atoms with Crippen LogP contribution < -0.4 is 5.32 Å². The predicted molar refractivity (Wildman–Crippen MR) is 84.1 cm³/mol. The molecule has 6 heteroatoms. The lowest BCUT2D eigenvalue weighted by Crippen LogP contribution is -2.27. The number of hydrogen-bond acceptors (Lipinski definition) is 4. The fourth-order valence-corrected chi connectivity index (χ4v) is 2.16. The van der Waals surface area contributed by atoms with Gasteiger partial charge in [0.25, 0.3) is 5.91 Å². The molecule has 0 saturated carbocycles. The molecule has 0 spiro atoms. The summed E-state index contributed by atoms with van der Waals surface area (Å²) in [5, 5.41) is 16.6. The van der Waals surface area contributed by atoms with Crippen LogP contribution in [0.25, 0.3) is 5.82 Å². The van der Waals surface area contributed by atoms with Crippen molar-refractivity contribution < 1.29 is 9.90 Å². The Morgan fingerprint density at radius 1 is 1.41 bits per heavy atom. The fraction of sp³-hybridized carbons (Fsp3) is 0.438. The highest BCUT2D eigenvalue weighted by atomic mass is 16.3. The zero-order chi connectivity index (χ0) is 16.1. The van der Waals surface area contributed by atoms with E-state index in [-0.39, 0.29) is 12.0 Å². The van der Waals surface area contributed by atoms with Crippen molar-refractivity contribution in [1.82, 2.24) is 20.1 Å². The van der Waals surface area contributed by atoms with Gasteiger partial charge in [0.2, 0.25) is 0 Å². The van der Waals surface area contributed by atoms with Gasteiger partial charge in [0.1, 0.15) is 0 Å². The van der Waals surface area contributed by atoms with E-state index in [4.69, 9.17) is 0 Å². The van der Waals surface area contributed by atoms with Gasteiger partial charge in [-0.15, -0.1) is 0 Å². The van der Waals surface area contributed by atoms with E-state index in [9.17, 15) is 9.90 Å². The SMILES string of the molecule is CCC(O)CCNC(=O)c1ccc(-n2nc(C)cc2C)nc1. The first-order chi connectivity index (χ1) is 10.5. The van der Waals surface area contributed by atoms with Crippen molar-refractivity contribution in [3.05, 3.63) is 41.3 Å². The van der Waals surface area contributed by atoms with Gasteiger partial charge in [-0.3, -0.25) is 4.79 Å². The monoisotopic (exact) mass is 302 g/mol. The number of amides is 1. The molecule has 1 amide bonds. The molecule has 2 aromatic rings. The first-order valence-corrected chi connectivity index (χ1v) is 7.47. The second-order valence-electron chi connectivity index (χ2n) is 5.35. The molecule has 2 N–H and O–H groups in total. The number of carbonyl (C=O) groups excluding carboxylic acids is 1. The van der Waals surface area contributed by atoms with E-state index in [1.54, 1.807) is 16.8 Å². The van der Waals surface area contributed by atoms with Crippen LogP contribution in [0.4, 0.5) is 0 Å². The fourth-order valence-electron chi connectivity index (χ4n) is 2.16. The summed E-state index contributed by atoms with van der Waals surface area (Å²) in [5.41, 5.74) is 2.42. The van der Waals surface area contributed by atoms with Gasteiger partial charge in [-0.05, 0) is 44.9 Å². The summed E-state index contributed by atoms with van der Waals surface area (Å²) in [7, 11) is 0. The Morgan fingerprint density at radius 3 is 2.73 bits per heavy atom. The lowest BCUT2D eigenvalue weighted by molar-refractivity contribution is 0.0941. The normalized spacial score (nSPS) is 12.2. The molecule has 22 heavy (non-hydrogen) atoms.